The third-order valence-electron chi connectivity index (χ3n) is 1.52. The number of hydrogen-bond donors (Lipinski definition) is 1. The summed E-state index contributed by atoms with van der Waals surface area (Å²) in [4.78, 5) is 10.9. The van der Waals surface area contributed by atoms with Gasteiger partial charge in [0, 0.05) is 13.0 Å². The van der Waals surface area contributed by atoms with Gasteiger partial charge in [-0.05, 0) is 0 Å². The van der Waals surface area contributed by atoms with Crippen molar-refractivity contribution in [3.05, 3.63) is 5.89 Å². The Bertz CT molecular complexity index is 311. The number of amides is 1. The van der Waals surface area contributed by atoms with E-state index >= 15 is 0 Å². The molecule has 0 unspecified atom stereocenters. The normalized spacial score (nSPS) is 10.6. The highest BCUT2D eigenvalue weighted by Crippen LogP contribution is 2.19. The largest absolute Gasteiger partial charge is 0.416 e. The molecule has 1 aromatic rings. The van der Waals surface area contributed by atoms with Crippen molar-refractivity contribution < 1.29 is 9.21 Å². The first-order chi connectivity index (χ1) is 6.63. The molecule has 14 heavy (non-hydrogen) atoms. The first-order valence-electron chi connectivity index (χ1n) is 4.30. The molecule has 1 amide bonds. The van der Waals surface area contributed by atoms with Crippen molar-refractivity contribution in [3.8, 4) is 0 Å². The lowest BCUT2D eigenvalue weighted by Gasteiger charge is -1.95. The minimum absolute atomic E-state index is 0.0562. The number of nitrogens with zero attached hydrogens (tertiary/aromatic N) is 2. The van der Waals surface area contributed by atoms with Crippen molar-refractivity contribution in [2.75, 3.05) is 12.8 Å². The lowest BCUT2D eigenvalue weighted by Crippen LogP contribution is -2.19. The Labute approximate surface area is 86.7 Å². The number of hydrogen-bond acceptors (Lipinski definition) is 5. The van der Waals surface area contributed by atoms with Gasteiger partial charge in [0.1, 0.15) is 0 Å². The lowest BCUT2D eigenvalue weighted by molar-refractivity contribution is -0.118. The molecule has 1 rings (SSSR count). The van der Waals surface area contributed by atoms with Crippen molar-refractivity contribution >= 4 is 17.7 Å². The van der Waals surface area contributed by atoms with E-state index in [1.165, 1.54) is 11.8 Å². The van der Waals surface area contributed by atoms with Gasteiger partial charge >= 0.3 is 0 Å². The highest BCUT2D eigenvalue weighted by Gasteiger charge is 2.10. The second-order valence-electron chi connectivity index (χ2n) is 3.02. The van der Waals surface area contributed by atoms with E-state index in [1.54, 1.807) is 7.05 Å². The molecule has 1 N–H and O–H groups in total. The minimum Gasteiger partial charge on any atom is -0.416 e. The Hall–Kier alpha value is -1.04. The number of carbonyl (C=O) groups is 1. The Morgan fingerprint density at radius 3 is 2.79 bits per heavy atom. The molecule has 0 aromatic carbocycles. The van der Waals surface area contributed by atoms with Crippen molar-refractivity contribution in [1.29, 1.82) is 0 Å². The Balaban J connectivity index is 2.48. The molecule has 6 heteroatoms. The molecule has 0 saturated heterocycles. The summed E-state index contributed by atoms with van der Waals surface area (Å²) < 4.78 is 5.30. The number of aromatic nitrogens is 2. The topological polar surface area (TPSA) is 68.0 Å². The zero-order chi connectivity index (χ0) is 10.6. The van der Waals surface area contributed by atoms with E-state index < -0.39 is 0 Å². The molecule has 0 saturated carbocycles. The fourth-order valence-electron chi connectivity index (χ4n) is 0.711. The smallest absolute Gasteiger partial charge is 0.277 e. The van der Waals surface area contributed by atoms with E-state index in [2.05, 4.69) is 15.5 Å². The van der Waals surface area contributed by atoms with Gasteiger partial charge in [0.15, 0.2) is 0 Å². The first kappa shape index (κ1) is 11.0. The van der Waals surface area contributed by atoms with Crippen LogP contribution in [0.5, 0.6) is 0 Å². The Morgan fingerprint density at radius 1 is 1.57 bits per heavy atom. The molecular weight excluding hydrogens is 202 g/mol. The summed E-state index contributed by atoms with van der Waals surface area (Å²) in [5, 5.41) is 10.6. The van der Waals surface area contributed by atoms with Crippen molar-refractivity contribution in [1.82, 2.24) is 15.5 Å². The van der Waals surface area contributed by atoms with Gasteiger partial charge in [0.25, 0.3) is 5.22 Å². The summed E-state index contributed by atoms with van der Waals surface area (Å²) in [6, 6.07) is 0. The minimum atomic E-state index is -0.0562. The molecule has 0 atom stereocenters. The van der Waals surface area contributed by atoms with Crippen molar-refractivity contribution in [2.45, 2.75) is 25.0 Å². The summed E-state index contributed by atoms with van der Waals surface area (Å²) >= 11 is 1.24. The third-order valence-corrected chi connectivity index (χ3v) is 2.34. The summed E-state index contributed by atoms with van der Waals surface area (Å²) in [5.74, 6) is 1.07. The molecule has 5 nitrogen and oxygen atoms in total. The van der Waals surface area contributed by atoms with Gasteiger partial charge < -0.3 is 9.73 Å². The predicted molar refractivity (Wildman–Crippen MR) is 53.2 cm³/mol. The number of nitrogens with one attached hydrogen (secondary N) is 1. The van der Waals surface area contributed by atoms with Crippen LogP contribution in [-0.2, 0) is 4.79 Å². The molecule has 0 spiro atoms. The fourth-order valence-corrected chi connectivity index (χ4v) is 1.35. The van der Waals surface area contributed by atoms with E-state index in [1.807, 2.05) is 13.8 Å². The highest BCUT2D eigenvalue weighted by atomic mass is 32.2. The van der Waals surface area contributed by atoms with Gasteiger partial charge in [-0.3, -0.25) is 4.79 Å². The first-order valence-corrected chi connectivity index (χ1v) is 5.28. The zero-order valence-corrected chi connectivity index (χ0v) is 9.22. The molecule has 0 bridgehead atoms. The number of rotatable bonds is 4. The van der Waals surface area contributed by atoms with Gasteiger partial charge in [0.2, 0.25) is 11.8 Å². The third kappa shape index (κ3) is 3.02. The molecule has 0 aliphatic rings. The maximum absolute atomic E-state index is 10.9. The van der Waals surface area contributed by atoms with Crippen LogP contribution >= 0.6 is 11.8 Å². The average molecular weight is 215 g/mol. The zero-order valence-electron chi connectivity index (χ0n) is 8.40. The van der Waals surface area contributed by atoms with Crippen LogP contribution in [0.15, 0.2) is 9.64 Å². The SMILES string of the molecule is CNC(=O)CSc1nnc(C(C)C)o1. The van der Waals surface area contributed by atoms with Gasteiger partial charge in [-0.1, -0.05) is 25.6 Å². The van der Waals surface area contributed by atoms with E-state index in [0.29, 0.717) is 16.9 Å². The second-order valence-corrected chi connectivity index (χ2v) is 3.95. The average Bonchev–Trinajstić information content (AvgIpc) is 2.62. The van der Waals surface area contributed by atoms with Crippen LogP contribution in [0.3, 0.4) is 0 Å². The quantitative estimate of drug-likeness (QED) is 0.760. The van der Waals surface area contributed by atoms with Gasteiger partial charge in [-0.25, -0.2) is 0 Å². The summed E-state index contributed by atoms with van der Waals surface area (Å²) in [6.45, 7) is 3.95. The summed E-state index contributed by atoms with van der Waals surface area (Å²) in [6.07, 6.45) is 0. The predicted octanol–water partition coefficient (Wildman–Crippen LogP) is 1.03. The fraction of sp³-hybridized carbons (Fsp3) is 0.625. The van der Waals surface area contributed by atoms with Crippen LogP contribution in [0.2, 0.25) is 0 Å². The van der Waals surface area contributed by atoms with E-state index in [9.17, 15) is 4.79 Å². The molecule has 78 valence electrons. The second kappa shape index (κ2) is 4.99. The van der Waals surface area contributed by atoms with Crippen LogP contribution in [-0.4, -0.2) is 28.9 Å². The van der Waals surface area contributed by atoms with E-state index in [4.69, 9.17) is 4.42 Å². The molecule has 0 radical (unpaired) electrons. The van der Waals surface area contributed by atoms with Crippen LogP contribution in [0.4, 0.5) is 0 Å². The standard InChI is InChI=1S/C8H13N3O2S/c1-5(2)7-10-11-8(13-7)14-4-6(12)9-3/h5H,4H2,1-3H3,(H,9,12). The maximum atomic E-state index is 10.9. The molecule has 0 aliphatic heterocycles. The molecule has 0 aliphatic carbocycles. The molecule has 1 heterocycles. The van der Waals surface area contributed by atoms with Crippen molar-refractivity contribution in [2.24, 2.45) is 0 Å². The summed E-state index contributed by atoms with van der Waals surface area (Å²) in [5.41, 5.74) is 0. The van der Waals surface area contributed by atoms with Gasteiger partial charge in [-0.2, -0.15) is 0 Å². The monoisotopic (exact) mass is 215 g/mol. The Kier molecular flexibility index (Phi) is 3.94. The molecule has 1 aromatic heterocycles. The molecule has 0 fully saturated rings. The lowest BCUT2D eigenvalue weighted by atomic mass is 10.2. The van der Waals surface area contributed by atoms with E-state index in [-0.39, 0.29) is 11.8 Å². The van der Waals surface area contributed by atoms with Crippen LogP contribution in [0.1, 0.15) is 25.7 Å². The highest BCUT2D eigenvalue weighted by molar-refractivity contribution is 7.99. The number of carbonyl (C=O) groups excluding carboxylic acids is 1. The van der Waals surface area contributed by atoms with Crippen LogP contribution in [0, 0.1) is 0 Å². The van der Waals surface area contributed by atoms with Crippen molar-refractivity contribution in [3.63, 3.8) is 0 Å². The van der Waals surface area contributed by atoms with E-state index in [0.717, 1.165) is 0 Å². The van der Waals surface area contributed by atoms with Crippen LogP contribution in [0.25, 0.3) is 0 Å². The number of thioether (sulfide) groups is 1. The van der Waals surface area contributed by atoms with Gasteiger partial charge in [0.05, 0.1) is 5.75 Å². The van der Waals surface area contributed by atoms with Crippen LogP contribution < -0.4 is 5.32 Å². The summed E-state index contributed by atoms with van der Waals surface area (Å²) in [7, 11) is 1.59. The Morgan fingerprint density at radius 2 is 2.29 bits per heavy atom. The molecular formula is C8H13N3O2S. The van der Waals surface area contributed by atoms with Gasteiger partial charge in [-0.15, -0.1) is 10.2 Å². The maximum Gasteiger partial charge on any atom is 0.277 e.